The van der Waals surface area contributed by atoms with Crippen LogP contribution in [0.5, 0.6) is 0 Å². The lowest BCUT2D eigenvalue weighted by atomic mass is 9.83. The Morgan fingerprint density at radius 2 is 2.00 bits per heavy atom. The number of hydrazine groups is 2. The minimum atomic E-state index is -0.585. The van der Waals surface area contributed by atoms with Crippen LogP contribution in [0.1, 0.15) is 69.3 Å². The van der Waals surface area contributed by atoms with Crippen molar-refractivity contribution in [3.63, 3.8) is 0 Å². The predicted octanol–water partition coefficient (Wildman–Crippen LogP) is 4.22. The van der Waals surface area contributed by atoms with Crippen molar-refractivity contribution in [1.82, 2.24) is 26.3 Å². The summed E-state index contributed by atoms with van der Waals surface area (Å²) in [4.78, 5) is 32.8. The molecule has 5 rings (SSSR count). The Labute approximate surface area is 232 Å². The van der Waals surface area contributed by atoms with Crippen LogP contribution in [0.2, 0.25) is 5.02 Å². The highest BCUT2D eigenvalue weighted by Crippen LogP contribution is 2.39. The van der Waals surface area contributed by atoms with Gasteiger partial charge in [-0.3, -0.25) is 14.6 Å². The van der Waals surface area contributed by atoms with Crippen molar-refractivity contribution in [2.45, 2.75) is 57.9 Å². The van der Waals surface area contributed by atoms with Crippen molar-refractivity contribution < 1.29 is 14.0 Å². The molecule has 2 bridgehead atoms. The Morgan fingerprint density at radius 1 is 1.18 bits per heavy atom. The number of nitrogens with one attached hydrogen (secondary N) is 3. The highest BCUT2D eigenvalue weighted by Gasteiger charge is 2.33. The van der Waals surface area contributed by atoms with Crippen LogP contribution in [-0.2, 0) is 15.0 Å². The van der Waals surface area contributed by atoms with Crippen molar-refractivity contribution in [2.24, 2.45) is 11.0 Å². The third-order valence-electron chi connectivity index (χ3n) is 7.81. The van der Waals surface area contributed by atoms with E-state index in [0.717, 1.165) is 17.7 Å². The lowest BCUT2D eigenvalue weighted by Gasteiger charge is -2.36. The number of hydrogen-bond acceptors (Lipinski definition) is 7. The zero-order valence-corrected chi connectivity index (χ0v) is 23.1. The highest BCUT2D eigenvalue weighted by molar-refractivity contribution is 6.31. The molecule has 1 aromatic heterocycles. The van der Waals surface area contributed by atoms with Gasteiger partial charge in [-0.1, -0.05) is 38.8 Å². The molecule has 0 fully saturated rings. The molecule has 2 atom stereocenters. The monoisotopic (exact) mass is 553 g/mol. The quantitative estimate of drug-likeness (QED) is 0.526. The van der Waals surface area contributed by atoms with Crippen LogP contribution in [0.25, 0.3) is 5.57 Å². The average molecular weight is 554 g/mol. The maximum absolute atomic E-state index is 15.4. The van der Waals surface area contributed by atoms with Gasteiger partial charge in [-0.15, -0.1) is 5.53 Å². The first-order chi connectivity index (χ1) is 18.7. The molecule has 2 aromatic rings. The fraction of sp³-hybridized carbons (Fsp3) is 0.429. The molecule has 0 saturated heterocycles. The molecule has 0 saturated carbocycles. The van der Waals surface area contributed by atoms with E-state index in [1.165, 1.54) is 23.5 Å². The number of hydrogen-bond donors (Lipinski definition) is 3. The molecule has 0 unspecified atom stereocenters. The molecule has 1 aromatic carbocycles. The van der Waals surface area contributed by atoms with Crippen molar-refractivity contribution in [3.05, 3.63) is 64.2 Å². The fourth-order valence-corrected chi connectivity index (χ4v) is 5.53. The lowest BCUT2D eigenvalue weighted by Crippen LogP contribution is -2.41. The summed E-state index contributed by atoms with van der Waals surface area (Å²) in [7, 11) is 0. The number of rotatable bonds is 3. The topological polar surface area (TPSA) is 102 Å². The number of carbonyl (C=O) groups is 2. The number of fused-ring (bicyclic) bond motifs is 2. The van der Waals surface area contributed by atoms with Gasteiger partial charge in [0.05, 0.1) is 22.4 Å². The SMILES string of the molecule is C[C@@H]1CCC[C@H](N2CCC(c3c(N4C=NNN4)ccc(Cl)c3F)=CC2=O)c2cc(ccn2)C(C)(C)CNC1=O. The van der Waals surface area contributed by atoms with E-state index in [0.29, 0.717) is 43.6 Å². The van der Waals surface area contributed by atoms with Gasteiger partial charge in [0, 0.05) is 42.3 Å². The summed E-state index contributed by atoms with van der Waals surface area (Å²) in [5, 5.41) is 8.51. The van der Waals surface area contributed by atoms with E-state index in [1.54, 1.807) is 12.3 Å². The summed E-state index contributed by atoms with van der Waals surface area (Å²) < 4.78 is 15.4. The standard InChI is InChI=1S/C28H33ClFN7O2/c1-17-5-4-6-22(21-14-19(9-11-31-21)28(2,3)15-32-27(17)39)36-12-10-18(13-24(36)38)25-23(37-16-33-34-35-37)8-7-20(29)26(25)30/h7-9,11,13-14,16-17,22,34-35H,4-6,10,12,15H2,1-3H3,(H,32,39)/t17-,22+/m1/s1. The zero-order valence-electron chi connectivity index (χ0n) is 22.3. The highest BCUT2D eigenvalue weighted by atomic mass is 35.5. The van der Waals surface area contributed by atoms with Gasteiger partial charge in [-0.2, -0.15) is 5.10 Å². The zero-order chi connectivity index (χ0) is 27.7. The molecule has 0 aliphatic carbocycles. The van der Waals surface area contributed by atoms with E-state index in [4.69, 9.17) is 11.6 Å². The smallest absolute Gasteiger partial charge is 0.247 e. The second kappa shape index (κ2) is 10.9. The molecule has 4 heterocycles. The van der Waals surface area contributed by atoms with Gasteiger partial charge in [0.2, 0.25) is 11.8 Å². The van der Waals surface area contributed by atoms with Gasteiger partial charge < -0.3 is 10.2 Å². The molecule has 3 aliphatic rings. The van der Waals surface area contributed by atoms with Gasteiger partial charge in [-0.05, 0) is 54.7 Å². The van der Waals surface area contributed by atoms with E-state index in [-0.39, 0.29) is 39.8 Å². The molecule has 9 nitrogen and oxygen atoms in total. The molecule has 11 heteroatoms. The first-order valence-electron chi connectivity index (χ1n) is 13.2. The number of pyridine rings is 1. The minimum absolute atomic E-state index is 0.0188. The summed E-state index contributed by atoms with van der Waals surface area (Å²) in [6.07, 6.45) is 7.33. The Hall–Kier alpha value is -3.50. The Balaban J connectivity index is 1.49. The number of benzene rings is 1. The third-order valence-corrected chi connectivity index (χ3v) is 8.10. The number of amides is 2. The number of hydrazone groups is 1. The molecule has 0 radical (unpaired) electrons. The lowest BCUT2D eigenvalue weighted by molar-refractivity contribution is -0.129. The van der Waals surface area contributed by atoms with Crippen molar-refractivity contribution in [1.29, 1.82) is 0 Å². The van der Waals surface area contributed by atoms with E-state index in [2.05, 4.69) is 46.4 Å². The van der Waals surface area contributed by atoms with Crippen LogP contribution in [0.3, 0.4) is 0 Å². The molecular weight excluding hydrogens is 521 g/mol. The van der Waals surface area contributed by atoms with E-state index < -0.39 is 5.82 Å². The van der Waals surface area contributed by atoms with Crippen molar-refractivity contribution in [2.75, 3.05) is 18.1 Å². The molecule has 0 spiro atoms. The average Bonchev–Trinajstić information content (AvgIpc) is 3.46. The third kappa shape index (κ3) is 5.49. The van der Waals surface area contributed by atoms with Crippen LogP contribution in [0.4, 0.5) is 10.1 Å². The summed E-state index contributed by atoms with van der Waals surface area (Å²) in [5.74, 6) is -0.879. The van der Waals surface area contributed by atoms with E-state index in [9.17, 15) is 9.59 Å². The normalized spacial score (nSPS) is 23.5. The van der Waals surface area contributed by atoms with Crippen LogP contribution in [-0.4, -0.2) is 41.1 Å². The number of anilines is 1. The summed E-state index contributed by atoms with van der Waals surface area (Å²) in [5.41, 5.74) is 8.30. The van der Waals surface area contributed by atoms with Gasteiger partial charge in [-0.25, -0.2) is 14.9 Å². The second-order valence-electron chi connectivity index (χ2n) is 11.0. The molecular formula is C28H33ClFN7O2. The summed E-state index contributed by atoms with van der Waals surface area (Å²) in [6, 6.07) is 6.92. The van der Waals surface area contributed by atoms with Crippen LogP contribution < -0.4 is 21.4 Å². The van der Waals surface area contributed by atoms with Gasteiger partial charge >= 0.3 is 0 Å². The first-order valence-corrected chi connectivity index (χ1v) is 13.6. The first kappa shape index (κ1) is 27.1. The van der Waals surface area contributed by atoms with Gasteiger partial charge in [0.1, 0.15) is 6.34 Å². The number of carbonyl (C=O) groups excluding carboxylic acids is 2. The van der Waals surface area contributed by atoms with Crippen molar-refractivity contribution in [3.8, 4) is 0 Å². The Morgan fingerprint density at radius 3 is 2.74 bits per heavy atom. The summed E-state index contributed by atoms with van der Waals surface area (Å²) in [6.45, 7) is 7.02. The molecule has 206 valence electrons. The minimum Gasteiger partial charge on any atom is -0.355 e. The van der Waals surface area contributed by atoms with Crippen LogP contribution in [0.15, 0.2) is 41.6 Å². The maximum atomic E-state index is 15.4. The molecule has 39 heavy (non-hydrogen) atoms. The number of halogens is 2. The second-order valence-corrected chi connectivity index (χ2v) is 11.4. The van der Waals surface area contributed by atoms with E-state index in [1.807, 2.05) is 17.9 Å². The van der Waals surface area contributed by atoms with E-state index >= 15 is 4.39 Å². The van der Waals surface area contributed by atoms with Gasteiger partial charge in [0.25, 0.3) is 0 Å². The van der Waals surface area contributed by atoms with Crippen molar-refractivity contribution >= 4 is 41.0 Å². The fourth-order valence-electron chi connectivity index (χ4n) is 5.38. The maximum Gasteiger partial charge on any atom is 0.247 e. The molecule has 2 amide bonds. The Kier molecular flexibility index (Phi) is 7.59. The Bertz CT molecular complexity index is 1350. The molecule has 3 N–H and O–H groups in total. The largest absolute Gasteiger partial charge is 0.355 e. The number of aromatic nitrogens is 1. The molecule has 3 aliphatic heterocycles. The number of nitrogens with zero attached hydrogens (tertiary/aromatic N) is 4. The van der Waals surface area contributed by atoms with Crippen LogP contribution in [0, 0.1) is 11.7 Å². The summed E-state index contributed by atoms with van der Waals surface area (Å²) >= 11 is 6.15. The predicted molar refractivity (Wildman–Crippen MR) is 149 cm³/mol. The van der Waals surface area contributed by atoms with Crippen LogP contribution >= 0.6 is 11.6 Å². The van der Waals surface area contributed by atoms with Gasteiger partial charge in [0.15, 0.2) is 5.82 Å².